The van der Waals surface area contributed by atoms with E-state index in [0.717, 1.165) is 43.6 Å². The lowest BCUT2D eigenvalue weighted by Gasteiger charge is -2.38. The first kappa shape index (κ1) is 31.1. The Kier molecular flexibility index (Phi) is 8.93. The normalized spacial score (nSPS) is 16.3. The average Bonchev–Trinajstić information content (AvgIpc) is 3.76. The van der Waals surface area contributed by atoms with Gasteiger partial charge in [0, 0.05) is 65.9 Å². The molecule has 0 bridgehead atoms. The molecule has 13 heteroatoms. The number of piperidine rings is 1. The zero-order valence-electron chi connectivity index (χ0n) is 25.5. The number of rotatable bonds is 8. The van der Waals surface area contributed by atoms with Crippen LogP contribution in [0.4, 0.5) is 36.2 Å². The van der Waals surface area contributed by atoms with Crippen LogP contribution in [0, 0.1) is 6.92 Å². The van der Waals surface area contributed by atoms with Crippen LogP contribution in [0.5, 0.6) is 0 Å². The van der Waals surface area contributed by atoms with E-state index in [1.54, 1.807) is 53.5 Å². The number of likely N-dealkylation sites (tertiary alicyclic amines) is 1. The summed E-state index contributed by atoms with van der Waals surface area (Å²) in [7, 11) is 0. The number of anilines is 4. The van der Waals surface area contributed by atoms with Gasteiger partial charge in [-0.25, -0.2) is 15.0 Å². The molecule has 46 heavy (non-hydrogen) atoms. The minimum atomic E-state index is -4.59. The number of nitrogens with zero attached hydrogens (tertiary/aromatic N) is 6. The third kappa shape index (κ3) is 6.84. The average molecular weight is 632 g/mol. The fourth-order valence-corrected chi connectivity index (χ4v) is 6.17. The molecule has 4 N–H and O–H groups in total. The smallest absolute Gasteiger partial charge is 0.405 e. The van der Waals surface area contributed by atoms with Crippen molar-refractivity contribution >= 4 is 35.0 Å². The Morgan fingerprint density at radius 1 is 1.04 bits per heavy atom. The van der Waals surface area contributed by atoms with Crippen molar-refractivity contribution in [3.63, 3.8) is 0 Å². The number of carbonyl (C=O) groups excluding carboxylic acids is 1. The van der Waals surface area contributed by atoms with Crippen molar-refractivity contribution in [1.29, 1.82) is 0 Å². The van der Waals surface area contributed by atoms with Crippen LogP contribution in [0.1, 0.15) is 52.7 Å². The molecule has 0 saturated carbocycles. The third-order valence-corrected chi connectivity index (χ3v) is 8.60. The highest BCUT2D eigenvalue weighted by molar-refractivity contribution is 6.05. The topological polar surface area (TPSA) is 117 Å². The number of halogens is 3. The SMILES string of the molecule is Cc1ccc(NC(=O)c2cc(N3CCC(N4CCCC4)CC3)cc(C(F)(F)F)c2)cc1Nc1nccn1-c1ncncc1/C=C\N. The summed E-state index contributed by atoms with van der Waals surface area (Å²) in [5.41, 5.74) is 7.69. The predicted octanol–water partition coefficient (Wildman–Crippen LogP) is 5.98. The fourth-order valence-electron chi connectivity index (χ4n) is 6.17. The minimum Gasteiger partial charge on any atom is -0.405 e. The number of aromatic nitrogens is 4. The number of nitrogens with two attached hydrogens (primary N) is 1. The minimum absolute atomic E-state index is 0.0543. The van der Waals surface area contributed by atoms with Gasteiger partial charge in [-0.1, -0.05) is 6.07 Å². The van der Waals surface area contributed by atoms with E-state index in [9.17, 15) is 18.0 Å². The van der Waals surface area contributed by atoms with E-state index in [1.165, 1.54) is 25.4 Å². The Hall–Kier alpha value is -4.91. The van der Waals surface area contributed by atoms with Gasteiger partial charge in [0.05, 0.1) is 5.56 Å². The first-order valence-electron chi connectivity index (χ1n) is 15.3. The van der Waals surface area contributed by atoms with Gasteiger partial charge >= 0.3 is 6.18 Å². The molecule has 1 amide bonds. The molecule has 240 valence electrons. The maximum Gasteiger partial charge on any atom is 0.416 e. The highest BCUT2D eigenvalue weighted by Crippen LogP contribution is 2.35. The Balaban J connectivity index is 1.21. The molecule has 2 fully saturated rings. The summed E-state index contributed by atoms with van der Waals surface area (Å²) in [4.78, 5) is 30.7. The lowest BCUT2D eigenvalue weighted by atomic mass is 10.0. The molecule has 0 spiro atoms. The van der Waals surface area contributed by atoms with Crippen molar-refractivity contribution in [3.8, 4) is 5.82 Å². The summed E-state index contributed by atoms with van der Waals surface area (Å²) in [6.07, 6.45) is 9.06. The van der Waals surface area contributed by atoms with Gasteiger partial charge in [0.1, 0.15) is 12.1 Å². The first-order valence-corrected chi connectivity index (χ1v) is 15.3. The summed E-state index contributed by atoms with van der Waals surface area (Å²) in [6, 6.07) is 9.30. The molecule has 0 unspecified atom stereocenters. The van der Waals surface area contributed by atoms with E-state index in [4.69, 9.17) is 5.73 Å². The van der Waals surface area contributed by atoms with Gasteiger partial charge in [-0.3, -0.25) is 9.36 Å². The van der Waals surface area contributed by atoms with Crippen LogP contribution in [-0.2, 0) is 6.18 Å². The maximum absolute atomic E-state index is 14.0. The van der Waals surface area contributed by atoms with Gasteiger partial charge in [0.25, 0.3) is 5.91 Å². The standard InChI is InChI=1S/C33H36F3N9O/c1-22-4-5-26(19-29(22)42-32-39-10-15-45(32)30-23(6-9-37)20-38-21-40-30)41-31(46)24-16-25(33(34,35)36)18-28(17-24)44-13-7-27(8-14-44)43-11-2-3-12-43/h4-6,9-10,15-21,27H,2-3,7-8,11-14,37H2,1H3,(H,39,42)(H,41,46)/b9-6-. The number of carbonyl (C=O) groups is 1. The number of alkyl halides is 3. The van der Waals surface area contributed by atoms with E-state index in [2.05, 4.69) is 30.5 Å². The van der Waals surface area contributed by atoms with Crippen LogP contribution in [0.15, 0.2) is 67.5 Å². The molecule has 0 atom stereocenters. The molecule has 0 radical (unpaired) electrons. The second-order valence-electron chi connectivity index (χ2n) is 11.6. The van der Waals surface area contributed by atoms with E-state index in [1.807, 2.05) is 11.8 Å². The maximum atomic E-state index is 14.0. The summed E-state index contributed by atoms with van der Waals surface area (Å²) < 4.78 is 43.7. The van der Waals surface area contributed by atoms with E-state index < -0.39 is 17.6 Å². The fraction of sp³-hybridized carbons (Fsp3) is 0.333. The van der Waals surface area contributed by atoms with Crippen LogP contribution in [0.25, 0.3) is 11.9 Å². The second kappa shape index (κ2) is 13.2. The molecule has 6 rings (SSSR count). The van der Waals surface area contributed by atoms with Crippen molar-refractivity contribution in [1.82, 2.24) is 24.4 Å². The van der Waals surface area contributed by atoms with E-state index in [0.29, 0.717) is 53.5 Å². The van der Waals surface area contributed by atoms with Gasteiger partial charge in [-0.2, -0.15) is 13.2 Å². The van der Waals surface area contributed by atoms with Crippen molar-refractivity contribution in [2.24, 2.45) is 5.73 Å². The zero-order chi connectivity index (χ0) is 32.3. The predicted molar refractivity (Wildman–Crippen MR) is 172 cm³/mol. The number of aryl methyl sites for hydroxylation is 1. The molecule has 2 aliphatic rings. The largest absolute Gasteiger partial charge is 0.416 e. The number of amides is 1. The van der Waals surface area contributed by atoms with E-state index in [-0.39, 0.29) is 5.56 Å². The molecular weight excluding hydrogens is 595 g/mol. The molecule has 2 saturated heterocycles. The Labute approximate surface area is 265 Å². The Morgan fingerprint density at radius 2 is 1.83 bits per heavy atom. The number of nitrogens with one attached hydrogen (secondary N) is 2. The van der Waals surface area contributed by atoms with E-state index >= 15 is 0 Å². The summed E-state index contributed by atoms with van der Waals surface area (Å²) in [5.74, 6) is 0.377. The number of hydrogen-bond acceptors (Lipinski definition) is 8. The van der Waals surface area contributed by atoms with Crippen molar-refractivity contribution in [2.45, 2.75) is 44.8 Å². The van der Waals surface area contributed by atoms with Gasteiger partial charge in [0.15, 0.2) is 0 Å². The molecule has 0 aliphatic carbocycles. The molecule has 2 aliphatic heterocycles. The Morgan fingerprint density at radius 3 is 2.57 bits per heavy atom. The number of imidazole rings is 1. The number of hydrogen-bond donors (Lipinski definition) is 3. The van der Waals surface area contributed by atoms with Crippen molar-refractivity contribution in [2.75, 3.05) is 41.7 Å². The molecule has 4 aromatic rings. The monoisotopic (exact) mass is 631 g/mol. The van der Waals surface area contributed by atoms with Gasteiger partial charge in [-0.15, -0.1) is 0 Å². The lowest BCUT2D eigenvalue weighted by Crippen LogP contribution is -2.44. The van der Waals surface area contributed by atoms with Crippen LogP contribution in [0.2, 0.25) is 0 Å². The molecule has 2 aromatic heterocycles. The van der Waals surface area contributed by atoms with Gasteiger partial charge in [0.2, 0.25) is 5.95 Å². The van der Waals surface area contributed by atoms with Crippen LogP contribution >= 0.6 is 0 Å². The third-order valence-electron chi connectivity index (χ3n) is 8.60. The summed E-state index contributed by atoms with van der Waals surface area (Å²) in [6.45, 7) is 5.36. The van der Waals surface area contributed by atoms with Crippen LogP contribution in [-0.4, -0.2) is 62.5 Å². The quantitative estimate of drug-likeness (QED) is 0.218. The molecule has 4 heterocycles. The number of benzene rings is 2. The van der Waals surface area contributed by atoms with Crippen molar-refractivity contribution in [3.05, 3.63) is 89.8 Å². The second-order valence-corrected chi connectivity index (χ2v) is 11.6. The zero-order valence-corrected chi connectivity index (χ0v) is 25.5. The summed E-state index contributed by atoms with van der Waals surface area (Å²) >= 11 is 0. The van der Waals surface area contributed by atoms with Gasteiger partial charge in [-0.05, 0) is 93.9 Å². The first-order chi connectivity index (χ1) is 22.2. The summed E-state index contributed by atoms with van der Waals surface area (Å²) in [5, 5.41) is 6.06. The highest BCUT2D eigenvalue weighted by Gasteiger charge is 2.33. The van der Waals surface area contributed by atoms with Gasteiger partial charge < -0.3 is 26.2 Å². The molecule has 2 aromatic carbocycles. The van der Waals surface area contributed by atoms with Crippen LogP contribution < -0.4 is 21.3 Å². The Bertz CT molecular complexity index is 1720. The lowest BCUT2D eigenvalue weighted by molar-refractivity contribution is -0.137. The van der Waals surface area contributed by atoms with Crippen molar-refractivity contribution < 1.29 is 18.0 Å². The van der Waals surface area contributed by atoms with Crippen LogP contribution in [0.3, 0.4) is 0 Å². The molecular formula is C33H36F3N9O. The highest BCUT2D eigenvalue weighted by atomic mass is 19.4. The molecule has 10 nitrogen and oxygen atoms in total.